The molecule has 1 aliphatic rings. The Hall–Kier alpha value is -1.54. The van der Waals surface area contributed by atoms with Gasteiger partial charge in [0.25, 0.3) is 0 Å². The topological polar surface area (TPSA) is 78.4 Å². The van der Waals surface area contributed by atoms with Crippen LogP contribution in [-0.4, -0.2) is 64.2 Å². The van der Waals surface area contributed by atoms with Gasteiger partial charge in [-0.2, -0.15) is 0 Å². The minimum atomic E-state index is -0.0463. The van der Waals surface area contributed by atoms with E-state index in [1.165, 1.54) is 11.8 Å². The molecule has 2 amide bonds. The van der Waals surface area contributed by atoms with Crippen LogP contribution in [-0.2, 0) is 9.59 Å². The first-order valence-corrected chi connectivity index (χ1v) is 10.5. The summed E-state index contributed by atoms with van der Waals surface area (Å²) in [5, 5.41) is 3.79. The summed E-state index contributed by atoms with van der Waals surface area (Å²) in [7, 11) is 0. The maximum absolute atomic E-state index is 12.1. The zero-order valence-corrected chi connectivity index (χ0v) is 18.1. The Balaban J connectivity index is 2.00. The third-order valence-electron chi connectivity index (χ3n) is 4.74. The average molecular weight is 414 g/mol. The van der Waals surface area contributed by atoms with Crippen molar-refractivity contribution in [1.82, 2.24) is 20.2 Å². The van der Waals surface area contributed by atoms with Gasteiger partial charge in [-0.05, 0) is 19.8 Å². The molecular formula is C18H28ClN5O2S. The number of carbonyl (C=O) groups is 2. The molecule has 0 unspecified atom stereocenters. The van der Waals surface area contributed by atoms with Crippen LogP contribution in [0.15, 0.2) is 11.2 Å². The molecule has 0 aromatic carbocycles. The van der Waals surface area contributed by atoms with Crippen molar-refractivity contribution in [3.63, 3.8) is 0 Å². The first kappa shape index (κ1) is 21.8. The number of thioether (sulfide) groups is 1. The minimum Gasteiger partial charge on any atom is -0.353 e. The number of halogens is 1. The zero-order valence-electron chi connectivity index (χ0n) is 16.5. The molecule has 27 heavy (non-hydrogen) atoms. The van der Waals surface area contributed by atoms with Crippen LogP contribution in [0.25, 0.3) is 0 Å². The molecule has 7 nitrogen and oxygen atoms in total. The number of hydrogen-bond acceptors (Lipinski definition) is 6. The van der Waals surface area contributed by atoms with Gasteiger partial charge in [0.05, 0.1) is 5.75 Å². The molecule has 1 aromatic rings. The predicted molar refractivity (Wildman–Crippen MR) is 109 cm³/mol. The number of nitrogens with zero attached hydrogens (tertiary/aromatic N) is 4. The molecule has 0 aliphatic carbocycles. The van der Waals surface area contributed by atoms with E-state index in [9.17, 15) is 9.59 Å². The second-order valence-corrected chi connectivity index (χ2v) is 8.56. The van der Waals surface area contributed by atoms with Gasteiger partial charge in [-0.25, -0.2) is 9.97 Å². The van der Waals surface area contributed by atoms with Crippen LogP contribution in [0.5, 0.6) is 0 Å². The summed E-state index contributed by atoms with van der Waals surface area (Å²) in [5.41, 5.74) is 0. The summed E-state index contributed by atoms with van der Waals surface area (Å²) in [6, 6.07) is 1.94. The molecule has 1 aliphatic heterocycles. The van der Waals surface area contributed by atoms with Crippen molar-refractivity contribution in [1.29, 1.82) is 0 Å². The Kier molecular flexibility index (Phi) is 7.73. The summed E-state index contributed by atoms with van der Waals surface area (Å²) < 4.78 is 0. The van der Waals surface area contributed by atoms with Gasteiger partial charge in [-0.3, -0.25) is 9.59 Å². The average Bonchev–Trinajstić information content (AvgIpc) is 2.59. The molecule has 1 saturated heterocycles. The first-order valence-electron chi connectivity index (χ1n) is 9.16. The van der Waals surface area contributed by atoms with E-state index in [1.54, 1.807) is 13.0 Å². The van der Waals surface area contributed by atoms with Crippen LogP contribution < -0.4 is 10.2 Å². The van der Waals surface area contributed by atoms with E-state index < -0.39 is 0 Å². The monoisotopic (exact) mass is 413 g/mol. The Morgan fingerprint density at radius 3 is 2.63 bits per heavy atom. The zero-order chi connectivity index (χ0) is 20.1. The van der Waals surface area contributed by atoms with Crippen LogP contribution in [0, 0.1) is 5.92 Å². The van der Waals surface area contributed by atoms with E-state index in [2.05, 4.69) is 34.0 Å². The summed E-state index contributed by atoms with van der Waals surface area (Å²) in [6.07, 6.45) is 0. The number of carbonyl (C=O) groups excluding carboxylic acids is 2. The van der Waals surface area contributed by atoms with Crippen molar-refractivity contribution in [2.45, 2.75) is 51.9 Å². The van der Waals surface area contributed by atoms with Crippen LogP contribution in [0.3, 0.4) is 0 Å². The van der Waals surface area contributed by atoms with Crippen LogP contribution in [0.1, 0.15) is 34.6 Å². The summed E-state index contributed by atoms with van der Waals surface area (Å²) in [4.78, 5) is 36.5. The quantitative estimate of drug-likeness (QED) is 0.438. The fraction of sp³-hybridized carbons (Fsp3) is 0.667. The molecule has 0 bridgehead atoms. The molecule has 1 fully saturated rings. The highest BCUT2D eigenvalue weighted by atomic mass is 35.5. The summed E-state index contributed by atoms with van der Waals surface area (Å²) >= 11 is 7.44. The second kappa shape index (κ2) is 9.59. The maximum Gasteiger partial charge on any atom is 0.230 e. The van der Waals surface area contributed by atoms with Gasteiger partial charge in [-0.15, -0.1) is 0 Å². The van der Waals surface area contributed by atoms with E-state index in [4.69, 9.17) is 11.6 Å². The Labute approximate surface area is 170 Å². The SMILES string of the molecule is CC(=O)N1CCN(c2cc(Cl)nc(SCC(=O)N[C@@H](C)C(C)C)n2)C[C@H]1C. The number of hydrogen-bond donors (Lipinski definition) is 1. The van der Waals surface area contributed by atoms with Gasteiger partial charge in [0, 0.05) is 44.7 Å². The van der Waals surface area contributed by atoms with Crippen LogP contribution in [0.2, 0.25) is 5.15 Å². The molecular weight excluding hydrogens is 386 g/mol. The number of anilines is 1. The summed E-state index contributed by atoms with van der Waals surface area (Å²) in [6.45, 7) is 11.8. The van der Waals surface area contributed by atoms with E-state index in [0.29, 0.717) is 35.9 Å². The number of rotatable bonds is 6. The van der Waals surface area contributed by atoms with E-state index >= 15 is 0 Å². The van der Waals surface area contributed by atoms with Crippen molar-refractivity contribution >= 4 is 41.0 Å². The summed E-state index contributed by atoms with van der Waals surface area (Å²) in [5.74, 6) is 1.38. The van der Waals surface area contributed by atoms with Crippen LogP contribution >= 0.6 is 23.4 Å². The second-order valence-electron chi connectivity index (χ2n) is 7.23. The van der Waals surface area contributed by atoms with E-state index in [-0.39, 0.29) is 29.7 Å². The minimum absolute atomic E-state index is 0.0463. The molecule has 9 heteroatoms. The van der Waals surface area contributed by atoms with Gasteiger partial charge in [0.2, 0.25) is 11.8 Å². The number of aromatic nitrogens is 2. The number of nitrogens with one attached hydrogen (secondary N) is 1. The van der Waals surface area contributed by atoms with Crippen molar-refractivity contribution in [3.05, 3.63) is 11.2 Å². The molecule has 2 atom stereocenters. The molecule has 0 saturated carbocycles. The number of piperazine rings is 1. The van der Waals surface area contributed by atoms with Gasteiger partial charge < -0.3 is 15.1 Å². The van der Waals surface area contributed by atoms with Gasteiger partial charge in [0.1, 0.15) is 11.0 Å². The van der Waals surface area contributed by atoms with Crippen LogP contribution in [0.4, 0.5) is 5.82 Å². The van der Waals surface area contributed by atoms with E-state index in [0.717, 1.165) is 5.82 Å². The van der Waals surface area contributed by atoms with Gasteiger partial charge >= 0.3 is 0 Å². The standard InChI is InChI=1S/C18H28ClN5O2S/c1-11(2)13(4)20-17(26)10-27-18-21-15(19)8-16(22-18)23-6-7-24(14(5)25)12(3)9-23/h8,11-13H,6-7,9-10H2,1-5H3,(H,20,26)/t12-,13+/m1/s1. The molecule has 0 spiro atoms. The Bertz CT molecular complexity index is 688. The lowest BCUT2D eigenvalue weighted by atomic mass is 10.1. The van der Waals surface area contributed by atoms with Crippen molar-refractivity contribution in [3.8, 4) is 0 Å². The van der Waals surface area contributed by atoms with Crippen molar-refractivity contribution in [2.24, 2.45) is 5.92 Å². The fourth-order valence-electron chi connectivity index (χ4n) is 2.84. The van der Waals surface area contributed by atoms with Gasteiger partial charge in [0.15, 0.2) is 5.16 Å². The normalized spacial score (nSPS) is 18.6. The first-order chi connectivity index (χ1) is 12.7. The lowest BCUT2D eigenvalue weighted by Crippen LogP contribution is -2.53. The largest absolute Gasteiger partial charge is 0.353 e. The molecule has 2 rings (SSSR count). The molecule has 0 radical (unpaired) electrons. The highest BCUT2D eigenvalue weighted by Crippen LogP contribution is 2.24. The number of amides is 2. The van der Waals surface area contributed by atoms with Crippen molar-refractivity contribution in [2.75, 3.05) is 30.3 Å². The maximum atomic E-state index is 12.1. The fourth-order valence-corrected chi connectivity index (χ4v) is 3.73. The molecule has 1 aromatic heterocycles. The third-order valence-corrected chi connectivity index (χ3v) is 5.78. The predicted octanol–water partition coefficient (Wildman–Crippen LogP) is 2.44. The smallest absolute Gasteiger partial charge is 0.230 e. The van der Waals surface area contributed by atoms with E-state index in [1.807, 2.05) is 18.7 Å². The lowest BCUT2D eigenvalue weighted by Gasteiger charge is -2.40. The highest BCUT2D eigenvalue weighted by Gasteiger charge is 2.26. The van der Waals surface area contributed by atoms with Gasteiger partial charge in [-0.1, -0.05) is 37.2 Å². The molecule has 150 valence electrons. The molecule has 1 N–H and O–H groups in total. The Morgan fingerprint density at radius 2 is 2.04 bits per heavy atom. The lowest BCUT2D eigenvalue weighted by molar-refractivity contribution is -0.131. The Morgan fingerprint density at radius 1 is 1.33 bits per heavy atom. The highest BCUT2D eigenvalue weighted by molar-refractivity contribution is 7.99. The third kappa shape index (κ3) is 6.24. The molecule has 2 heterocycles. The van der Waals surface area contributed by atoms with Crippen molar-refractivity contribution < 1.29 is 9.59 Å².